The van der Waals surface area contributed by atoms with Crippen molar-refractivity contribution in [2.45, 2.75) is 5.50 Å². The molecule has 0 bridgehead atoms. The second-order valence-electron chi connectivity index (χ2n) is 4.75. The Balaban J connectivity index is 1.79. The van der Waals surface area contributed by atoms with E-state index in [1.807, 2.05) is 0 Å². The number of amides is 1. The van der Waals surface area contributed by atoms with Crippen LogP contribution in [0.5, 0.6) is 0 Å². The number of para-hydroxylation sites is 1. The predicted molar refractivity (Wildman–Crippen MR) is 94.0 cm³/mol. The molecule has 0 aliphatic carbocycles. The Labute approximate surface area is 146 Å². The molecule has 0 radical (unpaired) electrons. The number of rotatable bonds is 3. The van der Waals surface area contributed by atoms with Gasteiger partial charge in [-0.25, -0.2) is 4.39 Å². The van der Waals surface area contributed by atoms with Gasteiger partial charge in [-0.1, -0.05) is 59.2 Å². The molecule has 1 amide bonds. The summed E-state index contributed by atoms with van der Waals surface area (Å²) in [7, 11) is 0. The topological polar surface area (TPSA) is 41.1 Å². The van der Waals surface area contributed by atoms with E-state index in [0.29, 0.717) is 26.2 Å². The zero-order valence-electron chi connectivity index (χ0n) is 11.6. The monoisotopic (exact) mass is 368 g/mol. The van der Waals surface area contributed by atoms with Gasteiger partial charge >= 0.3 is 0 Å². The Morgan fingerprint density at radius 3 is 2.74 bits per heavy atom. The molecule has 1 saturated heterocycles. The Morgan fingerprint density at radius 2 is 1.96 bits per heavy atom. The molecule has 3 nitrogen and oxygen atoms in total. The van der Waals surface area contributed by atoms with Gasteiger partial charge < -0.3 is 10.6 Å². The Bertz CT molecular complexity index is 797. The van der Waals surface area contributed by atoms with E-state index in [1.165, 1.54) is 17.8 Å². The van der Waals surface area contributed by atoms with Gasteiger partial charge in [0.05, 0.1) is 20.6 Å². The van der Waals surface area contributed by atoms with Gasteiger partial charge in [0.25, 0.3) is 5.91 Å². The summed E-state index contributed by atoms with van der Waals surface area (Å²) in [5.41, 5.74) is 0.527. The number of carbonyl (C=O) groups is 1. The lowest BCUT2D eigenvalue weighted by atomic mass is 10.2. The second kappa shape index (κ2) is 6.83. The quantitative estimate of drug-likeness (QED) is 0.769. The lowest BCUT2D eigenvalue weighted by Crippen LogP contribution is -2.31. The van der Waals surface area contributed by atoms with Gasteiger partial charge in [-0.05, 0) is 29.8 Å². The summed E-state index contributed by atoms with van der Waals surface area (Å²) < 4.78 is 13.7. The Kier molecular flexibility index (Phi) is 4.80. The van der Waals surface area contributed by atoms with Crippen molar-refractivity contribution in [2.24, 2.45) is 0 Å². The fourth-order valence-corrected chi connectivity index (χ4v) is 3.39. The van der Waals surface area contributed by atoms with E-state index in [4.69, 9.17) is 23.2 Å². The SMILES string of the molecule is O=C1NC(Nc2ccccc2F)S/C1=C\c1cccc(Cl)c1Cl. The minimum absolute atomic E-state index is 0.250. The third kappa shape index (κ3) is 3.63. The third-order valence-electron chi connectivity index (χ3n) is 3.16. The van der Waals surface area contributed by atoms with Crippen molar-refractivity contribution in [3.05, 3.63) is 68.8 Å². The molecule has 118 valence electrons. The standard InChI is InChI=1S/C16H11Cl2FN2OS/c17-10-5-3-4-9(14(10)18)8-13-15(22)21-16(23-13)20-12-7-2-1-6-11(12)19/h1-8,16,20H,(H,21,22)/b13-8-. The summed E-state index contributed by atoms with van der Waals surface area (Å²) in [6.07, 6.45) is 1.66. The molecule has 1 unspecified atom stereocenters. The number of hydrogen-bond donors (Lipinski definition) is 2. The maximum Gasteiger partial charge on any atom is 0.260 e. The van der Waals surface area contributed by atoms with Crippen LogP contribution in [-0.4, -0.2) is 11.4 Å². The van der Waals surface area contributed by atoms with Crippen LogP contribution in [0, 0.1) is 5.82 Å². The fourth-order valence-electron chi connectivity index (χ4n) is 2.06. The van der Waals surface area contributed by atoms with Crippen LogP contribution in [0.3, 0.4) is 0 Å². The van der Waals surface area contributed by atoms with Crippen LogP contribution in [0.2, 0.25) is 10.0 Å². The number of benzene rings is 2. The van der Waals surface area contributed by atoms with Crippen LogP contribution < -0.4 is 10.6 Å². The molecule has 0 saturated carbocycles. The van der Waals surface area contributed by atoms with Crippen LogP contribution in [0.25, 0.3) is 6.08 Å². The van der Waals surface area contributed by atoms with E-state index in [2.05, 4.69) is 10.6 Å². The number of thioether (sulfide) groups is 1. The lowest BCUT2D eigenvalue weighted by Gasteiger charge is -2.12. The summed E-state index contributed by atoms with van der Waals surface area (Å²) >= 11 is 13.3. The van der Waals surface area contributed by atoms with Crippen LogP contribution >= 0.6 is 35.0 Å². The van der Waals surface area contributed by atoms with Crippen LogP contribution in [0.1, 0.15) is 5.56 Å². The molecular formula is C16H11Cl2FN2OS. The summed E-state index contributed by atoms with van der Waals surface area (Å²) in [6.45, 7) is 0. The van der Waals surface area contributed by atoms with Crippen molar-refractivity contribution in [1.29, 1.82) is 0 Å². The summed E-state index contributed by atoms with van der Waals surface area (Å²) in [5.74, 6) is -0.627. The molecule has 1 heterocycles. The highest BCUT2D eigenvalue weighted by Gasteiger charge is 2.27. The predicted octanol–water partition coefficient (Wildman–Crippen LogP) is 4.73. The second-order valence-corrected chi connectivity index (χ2v) is 6.68. The van der Waals surface area contributed by atoms with Gasteiger partial charge in [-0.3, -0.25) is 4.79 Å². The van der Waals surface area contributed by atoms with Crippen LogP contribution in [0.15, 0.2) is 47.4 Å². The molecule has 1 aliphatic heterocycles. The first-order chi connectivity index (χ1) is 11.0. The number of hydrogen-bond acceptors (Lipinski definition) is 3. The van der Waals surface area contributed by atoms with Gasteiger partial charge in [-0.2, -0.15) is 0 Å². The zero-order valence-corrected chi connectivity index (χ0v) is 14.0. The molecule has 3 rings (SSSR count). The van der Waals surface area contributed by atoms with Crippen molar-refractivity contribution in [2.75, 3.05) is 5.32 Å². The van der Waals surface area contributed by atoms with E-state index < -0.39 is 5.50 Å². The third-order valence-corrected chi connectivity index (χ3v) is 5.02. The average molecular weight is 369 g/mol. The van der Waals surface area contributed by atoms with Gasteiger partial charge in [0.15, 0.2) is 5.50 Å². The normalized spacial score (nSPS) is 19.0. The highest BCUT2D eigenvalue weighted by atomic mass is 35.5. The Hall–Kier alpha value is -1.69. The largest absolute Gasteiger partial charge is 0.354 e. The highest BCUT2D eigenvalue weighted by molar-refractivity contribution is 8.05. The fraction of sp³-hybridized carbons (Fsp3) is 0.0625. The molecule has 0 aromatic heterocycles. The van der Waals surface area contributed by atoms with Crippen molar-refractivity contribution in [3.63, 3.8) is 0 Å². The van der Waals surface area contributed by atoms with E-state index in [-0.39, 0.29) is 11.7 Å². The van der Waals surface area contributed by atoms with Gasteiger partial charge in [-0.15, -0.1) is 0 Å². The minimum atomic E-state index is -0.455. The van der Waals surface area contributed by atoms with E-state index >= 15 is 0 Å². The maximum atomic E-state index is 13.7. The number of carbonyl (C=O) groups excluding carboxylic acids is 1. The molecule has 23 heavy (non-hydrogen) atoms. The molecule has 2 N–H and O–H groups in total. The highest BCUT2D eigenvalue weighted by Crippen LogP contribution is 2.33. The first-order valence-corrected chi connectivity index (χ1v) is 8.32. The van der Waals surface area contributed by atoms with E-state index in [9.17, 15) is 9.18 Å². The molecule has 0 spiro atoms. The van der Waals surface area contributed by atoms with Crippen molar-refractivity contribution >= 4 is 52.6 Å². The van der Waals surface area contributed by atoms with Gasteiger partial charge in [0, 0.05) is 0 Å². The lowest BCUT2D eigenvalue weighted by molar-refractivity contribution is -0.116. The van der Waals surface area contributed by atoms with E-state index in [1.54, 1.807) is 42.5 Å². The molecule has 7 heteroatoms. The molecule has 1 atom stereocenters. The molecule has 1 fully saturated rings. The summed E-state index contributed by atoms with van der Waals surface area (Å²) in [4.78, 5) is 12.5. The van der Waals surface area contributed by atoms with Gasteiger partial charge in [0.2, 0.25) is 0 Å². The molecule has 2 aromatic carbocycles. The van der Waals surface area contributed by atoms with Crippen molar-refractivity contribution < 1.29 is 9.18 Å². The smallest absolute Gasteiger partial charge is 0.260 e. The summed E-state index contributed by atoms with van der Waals surface area (Å²) in [5, 5.41) is 6.48. The van der Waals surface area contributed by atoms with Crippen molar-refractivity contribution in [1.82, 2.24) is 5.32 Å². The first kappa shape index (κ1) is 16.2. The minimum Gasteiger partial charge on any atom is -0.354 e. The number of halogens is 3. The van der Waals surface area contributed by atoms with Crippen molar-refractivity contribution in [3.8, 4) is 0 Å². The molecule has 1 aliphatic rings. The van der Waals surface area contributed by atoms with Crippen LogP contribution in [-0.2, 0) is 4.79 Å². The molecular weight excluding hydrogens is 358 g/mol. The Morgan fingerprint density at radius 1 is 1.17 bits per heavy atom. The average Bonchev–Trinajstić information content (AvgIpc) is 2.86. The summed E-state index contributed by atoms with van der Waals surface area (Å²) in [6, 6.07) is 11.5. The van der Waals surface area contributed by atoms with Crippen LogP contribution in [0.4, 0.5) is 10.1 Å². The van der Waals surface area contributed by atoms with E-state index in [0.717, 1.165) is 0 Å². The maximum absolute atomic E-state index is 13.7. The van der Waals surface area contributed by atoms with Gasteiger partial charge in [0.1, 0.15) is 5.82 Å². The zero-order chi connectivity index (χ0) is 16.4. The molecule has 2 aromatic rings. The first-order valence-electron chi connectivity index (χ1n) is 6.69. The number of nitrogens with one attached hydrogen (secondary N) is 2. The number of anilines is 1.